The fourth-order valence-electron chi connectivity index (χ4n) is 4.02. The van der Waals surface area contributed by atoms with Crippen LogP contribution in [0.1, 0.15) is 40.2 Å². The molecule has 0 amide bonds. The van der Waals surface area contributed by atoms with E-state index < -0.39 is 17.6 Å². The summed E-state index contributed by atoms with van der Waals surface area (Å²) in [6.07, 6.45) is 5.29. The van der Waals surface area contributed by atoms with Gasteiger partial charge >= 0.3 is 5.97 Å². The molecule has 0 unspecified atom stereocenters. The van der Waals surface area contributed by atoms with Crippen LogP contribution in [0.15, 0.2) is 54.9 Å². The van der Waals surface area contributed by atoms with Gasteiger partial charge < -0.3 is 14.7 Å². The largest absolute Gasteiger partial charge is 0.493 e. The third-order valence-corrected chi connectivity index (χ3v) is 5.72. The highest BCUT2D eigenvalue weighted by atomic mass is 19.1. The number of nitrogens with zero attached hydrogens (tertiary/aromatic N) is 2. The highest BCUT2D eigenvalue weighted by Gasteiger charge is 2.23. The first-order chi connectivity index (χ1) is 14.9. The van der Waals surface area contributed by atoms with Crippen molar-refractivity contribution in [1.82, 2.24) is 4.98 Å². The molecule has 3 aromatic rings. The van der Waals surface area contributed by atoms with E-state index in [0.29, 0.717) is 18.6 Å². The standard InChI is InChI=1S/C24H22F2N2O3/c1-28(22-7-4-17(25)12-21(22)26)18-5-6-19-15(9-11-31-23(19)13-18)2-3-16-14-27-10-8-20(16)24(29)30/h4-8,10,12-15H,2-3,9,11H2,1H3,(H,29,30)/t15-/m1/s1. The first kappa shape index (κ1) is 20.8. The van der Waals surface area contributed by atoms with E-state index in [-0.39, 0.29) is 17.2 Å². The number of anilines is 2. The van der Waals surface area contributed by atoms with Crippen LogP contribution in [0, 0.1) is 11.6 Å². The lowest BCUT2D eigenvalue weighted by atomic mass is 9.87. The molecule has 0 fully saturated rings. The Morgan fingerprint density at radius 2 is 2.06 bits per heavy atom. The number of aryl methyl sites for hydroxylation is 1. The van der Waals surface area contributed by atoms with Crippen molar-refractivity contribution < 1.29 is 23.4 Å². The molecule has 160 valence electrons. The van der Waals surface area contributed by atoms with Crippen LogP contribution in [-0.4, -0.2) is 29.7 Å². The van der Waals surface area contributed by atoms with Crippen LogP contribution in [-0.2, 0) is 6.42 Å². The molecule has 1 aliphatic rings. The lowest BCUT2D eigenvalue weighted by Crippen LogP contribution is -2.17. The average molecular weight is 424 g/mol. The molecule has 0 spiro atoms. The van der Waals surface area contributed by atoms with Crippen molar-refractivity contribution in [2.45, 2.75) is 25.2 Å². The summed E-state index contributed by atoms with van der Waals surface area (Å²) >= 11 is 0. The summed E-state index contributed by atoms with van der Waals surface area (Å²) in [5.41, 5.74) is 3.03. The lowest BCUT2D eigenvalue weighted by molar-refractivity contribution is 0.0695. The number of aromatic nitrogens is 1. The second kappa shape index (κ2) is 8.71. The normalized spacial score (nSPS) is 15.1. The monoisotopic (exact) mass is 424 g/mol. The number of benzene rings is 2. The zero-order valence-corrected chi connectivity index (χ0v) is 17.0. The van der Waals surface area contributed by atoms with E-state index in [0.717, 1.165) is 35.9 Å². The molecule has 1 aromatic heterocycles. The fraction of sp³-hybridized carbons (Fsp3) is 0.250. The quantitative estimate of drug-likeness (QED) is 0.580. The summed E-state index contributed by atoms with van der Waals surface area (Å²) in [6, 6.07) is 10.7. The number of ether oxygens (including phenoxy) is 1. The Labute approximate surface area is 178 Å². The van der Waals surface area contributed by atoms with Crippen LogP contribution in [0.3, 0.4) is 0 Å². The number of pyridine rings is 1. The first-order valence-electron chi connectivity index (χ1n) is 10.1. The van der Waals surface area contributed by atoms with Gasteiger partial charge in [0, 0.05) is 37.3 Å². The van der Waals surface area contributed by atoms with E-state index in [1.807, 2.05) is 18.2 Å². The van der Waals surface area contributed by atoms with E-state index in [1.54, 1.807) is 18.1 Å². The summed E-state index contributed by atoms with van der Waals surface area (Å²) in [4.78, 5) is 17.1. The van der Waals surface area contributed by atoms with E-state index in [1.165, 1.54) is 24.4 Å². The Kier molecular flexibility index (Phi) is 5.84. The lowest BCUT2D eigenvalue weighted by Gasteiger charge is -2.28. The van der Waals surface area contributed by atoms with Crippen molar-refractivity contribution in [3.8, 4) is 5.75 Å². The second-order valence-electron chi connectivity index (χ2n) is 7.59. The van der Waals surface area contributed by atoms with Gasteiger partial charge in [0.25, 0.3) is 0 Å². The van der Waals surface area contributed by atoms with Gasteiger partial charge in [0.15, 0.2) is 0 Å². The highest BCUT2D eigenvalue weighted by molar-refractivity contribution is 5.89. The topological polar surface area (TPSA) is 62.7 Å². The molecule has 0 bridgehead atoms. The van der Waals surface area contributed by atoms with Gasteiger partial charge in [-0.2, -0.15) is 0 Å². The SMILES string of the molecule is CN(c1ccc2c(c1)OCC[C@H]2CCc1cnccc1C(=O)O)c1ccc(F)cc1F. The molecule has 0 aliphatic carbocycles. The highest BCUT2D eigenvalue weighted by Crippen LogP contribution is 2.40. The van der Waals surface area contributed by atoms with Gasteiger partial charge in [-0.05, 0) is 60.6 Å². The van der Waals surface area contributed by atoms with Crippen LogP contribution in [0.4, 0.5) is 20.2 Å². The molecule has 2 aromatic carbocycles. The maximum atomic E-state index is 14.2. The van der Waals surface area contributed by atoms with Crippen LogP contribution in [0.2, 0.25) is 0 Å². The minimum absolute atomic E-state index is 0.215. The van der Waals surface area contributed by atoms with Gasteiger partial charge in [0.2, 0.25) is 0 Å². The van der Waals surface area contributed by atoms with E-state index >= 15 is 0 Å². The van der Waals surface area contributed by atoms with Crippen molar-refractivity contribution >= 4 is 17.3 Å². The summed E-state index contributed by atoms with van der Waals surface area (Å²) in [7, 11) is 1.72. The van der Waals surface area contributed by atoms with Gasteiger partial charge in [-0.15, -0.1) is 0 Å². The Hall–Kier alpha value is -3.48. The number of carboxylic acid groups (broad SMARTS) is 1. The number of rotatable bonds is 6. The summed E-state index contributed by atoms with van der Waals surface area (Å²) < 4.78 is 33.3. The fourth-order valence-corrected chi connectivity index (χ4v) is 4.02. The molecule has 31 heavy (non-hydrogen) atoms. The number of halogens is 2. The van der Waals surface area contributed by atoms with E-state index in [4.69, 9.17) is 4.74 Å². The van der Waals surface area contributed by atoms with Gasteiger partial charge in [-0.25, -0.2) is 13.6 Å². The molecule has 5 nitrogen and oxygen atoms in total. The average Bonchev–Trinajstić information content (AvgIpc) is 2.77. The molecule has 0 saturated heterocycles. The Bertz CT molecular complexity index is 1120. The maximum Gasteiger partial charge on any atom is 0.336 e. The molecule has 1 aliphatic heterocycles. The molecule has 1 N–H and O–H groups in total. The van der Waals surface area contributed by atoms with Crippen molar-refractivity contribution in [2.75, 3.05) is 18.6 Å². The Morgan fingerprint density at radius 3 is 2.84 bits per heavy atom. The van der Waals surface area contributed by atoms with Crippen LogP contribution < -0.4 is 9.64 Å². The number of hydrogen-bond donors (Lipinski definition) is 1. The van der Waals surface area contributed by atoms with E-state index in [9.17, 15) is 18.7 Å². The second-order valence-corrected chi connectivity index (χ2v) is 7.59. The number of hydrogen-bond acceptors (Lipinski definition) is 4. The van der Waals surface area contributed by atoms with Crippen LogP contribution in [0.5, 0.6) is 5.75 Å². The molecule has 0 saturated carbocycles. The van der Waals surface area contributed by atoms with Gasteiger partial charge in [0.1, 0.15) is 17.4 Å². The molecule has 1 atom stereocenters. The summed E-state index contributed by atoms with van der Waals surface area (Å²) in [5, 5.41) is 9.37. The molecular formula is C24H22F2N2O3. The van der Waals surface area contributed by atoms with Crippen molar-refractivity contribution in [3.05, 3.63) is 83.2 Å². The molecular weight excluding hydrogens is 402 g/mol. The molecule has 0 radical (unpaired) electrons. The first-order valence-corrected chi connectivity index (χ1v) is 10.1. The Morgan fingerprint density at radius 1 is 1.23 bits per heavy atom. The molecule has 7 heteroatoms. The molecule has 4 rings (SSSR count). The van der Waals surface area contributed by atoms with Crippen LogP contribution >= 0.6 is 0 Å². The van der Waals surface area contributed by atoms with Gasteiger partial charge in [0.05, 0.1) is 17.9 Å². The third kappa shape index (κ3) is 4.35. The minimum atomic E-state index is -0.953. The third-order valence-electron chi connectivity index (χ3n) is 5.72. The van der Waals surface area contributed by atoms with Crippen molar-refractivity contribution in [2.24, 2.45) is 0 Å². The minimum Gasteiger partial charge on any atom is -0.493 e. The number of carbonyl (C=O) groups is 1. The van der Waals surface area contributed by atoms with Crippen molar-refractivity contribution in [3.63, 3.8) is 0 Å². The van der Waals surface area contributed by atoms with Crippen LogP contribution in [0.25, 0.3) is 0 Å². The predicted octanol–water partition coefficient (Wildman–Crippen LogP) is 5.32. The smallest absolute Gasteiger partial charge is 0.336 e. The van der Waals surface area contributed by atoms with Gasteiger partial charge in [-0.3, -0.25) is 4.98 Å². The van der Waals surface area contributed by atoms with E-state index in [2.05, 4.69) is 4.98 Å². The zero-order valence-electron chi connectivity index (χ0n) is 17.0. The molecule has 2 heterocycles. The predicted molar refractivity (Wildman–Crippen MR) is 113 cm³/mol. The maximum absolute atomic E-state index is 14.2. The zero-order chi connectivity index (χ0) is 22.0. The number of aromatic carboxylic acids is 1. The Balaban J connectivity index is 1.54. The van der Waals surface area contributed by atoms with Crippen molar-refractivity contribution in [1.29, 1.82) is 0 Å². The summed E-state index contributed by atoms with van der Waals surface area (Å²) in [5.74, 6) is -1.26. The number of carboxylic acids is 1. The number of fused-ring (bicyclic) bond motifs is 1. The van der Waals surface area contributed by atoms with Gasteiger partial charge in [-0.1, -0.05) is 6.07 Å². The summed E-state index contributed by atoms with van der Waals surface area (Å²) in [6.45, 7) is 0.550.